The maximum Gasteiger partial charge on any atom is 0.438 e. The topological polar surface area (TPSA) is 76.9 Å². The second-order valence-corrected chi connectivity index (χ2v) is 5.54. The average molecular weight is 376 g/mol. The molecule has 0 spiro atoms. The molecule has 0 radical (unpaired) electrons. The summed E-state index contributed by atoms with van der Waals surface area (Å²) in [4.78, 5) is 17.1. The Morgan fingerprint density at radius 3 is 2.88 bits per heavy atom. The van der Waals surface area contributed by atoms with Gasteiger partial charge in [0, 0.05) is 0 Å². The lowest BCUT2D eigenvalue weighted by Crippen LogP contribution is -3.14. The summed E-state index contributed by atoms with van der Waals surface area (Å²) in [5.41, 5.74) is -0.116. The molecule has 0 unspecified atom stereocenters. The molecule has 10 heteroatoms. The number of hydrogen-bond acceptors (Lipinski definition) is 4. The molecule has 0 saturated carbocycles. The number of quaternary nitrogens is 1. The summed E-state index contributed by atoms with van der Waals surface area (Å²) in [6.45, 7) is 5.37. The van der Waals surface area contributed by atoms with E-state index >= 15 is 0 Å². The predicted molar refractivity (Wildman–Crippen MR) is 75.1 cm³/mol. The van der Waals surface area contributed by atoms with Crippen molar-refractivity contribution in [3.8, 4) is 11.6 Å². The van der Waals surface area contributed by atoms with Crippen molar-refractivity contribution in [2.45, 2.75) is 13.2 Å². The minimum atomic E-state index is -0.116. The molecule has 0 aromatic carbocycles. The van der Waals surface area contributed by atoms with Gasteiger partial charge in [0.25, 0.3) is 5.82 Å². The van der Waals surface area contributed by atoms with Gasteiger partial charge in [0.1, 0.15) is 13.1 Å². The highest BCUT2D eigenvalue weighted by Gasteiger charge is 2.31. The van der Waals surface area contributed by atoms with Gasteiger partial charge in [-0.15, -0.1) is 9.67 Å². The molecular weight excluding hydrogens is 357 g/mol. The molecule has 4 rings (SSSR count). The maximum absolute atomic E-state index is 12.6. The molecule has 2 N–H and O–H groups in total. The van der Waals surface area contributed by atoms with Crippen LogP contribution in [0.4, 0.5) is 0 Å². The van der Waals surface area contributed by atoms with Crippen LogP contribution in [-0.2, 0) is 17.9 Å². The van der Waals surface area contributed by atoms with E-state index in [2.05, 4.69) is 10.1 Å². The van der Waals surface area contributed by atoms with Crippen molar-refractivity contribution in [3.63, 3.8) is 0 Å². The number of nitrogens with one attached hydrogen (secondary N) is 2. The molecule has 2 aromatic rings. The number of nitrogens with zero attached hydrogens (tertiary/aromatic N) is 3. The molecule has 8 nitrogen and oxygen atoms in total. The molecule has 132 valence electrons. The molecule has 2 aliphatic rings. The van der Waals surface area contributed by atoms with Crippen molar-refractivity contribution in [2.75, 3.05) is 32.8 Å². The van der Waals surface area contributed by atoms with Crippen LogP contribution in [0, 0.1) is 0 Å². The van der Waals surface area contributed by atoms with Crippen LogP contribution in [0.1, 0.15) is 5.82 Å². The smallest absolute Gasteiger partial charge is 0.438 e. The van der Waals surface area contributed by atoms with E-state index in [4.69, 9.17) is 9.47 Å². The molecule has 1 fully saturated rings. The van der Waals surface area contributed by atoms with E-state index in [-0.39, 0.29) is 30.5 Å². The Morgan fingerprint density at radius 1 is 1.29 bits per heavy atom. The van der Waals surface area contributed by atoms with E-state index in [1.807, 2.05) is 12.1 Å². The molecular formula is C14H19Cl2N5O3. The van der Waals surface area contributed by atoms with Crippen molar-refractivity contribution < 1.29 is 44.2 Å². The van der Waals surface area contributed by atoms with E-state index in [0.717, 1.165) is 32.8 Å². The van der Waals surface area contributed by atoms with E-state index in [0.29, 0.717) is 30.5 Å². The molecule has 24 heavy (non-hydrogen) atoms. The lowest BCUT2D eigenvalue weighted by atomic mass is 10.4. The van der Waals surface area contributed by atoms with Crippen molar-refractivity contribution in [1.29, 1.82) is 0 Å². The third-order valence-corrected chi connectivity index (χ3v) is 4.16. The standard InChI is InChI=1S/C14H17N5O3.2ClH/c20-14-18(5-4-17-6-8-21-9-7-17)16-12-10-22-11-2-1-3-15-13(11)19(12)14;;/h1-3H,4-10H2;2*1H. The summed E-state index contributed by atoms with van der Waals surface area (Å²) in [7, 11) is 0. The minimum absolute atomic E-state index is 0. The fraction of sp³-hybridized carbons (Fsp3) is 0.500. The van der Waals surface area contributed by atoms with Crippen molar-refractivity contribution in [1.82, 2.24) is 14.3 Å². The highest BCUT2D eigenvalue weighted by Crippen LogP contribution is 2.22. The van der Waals surface area contributed by atoms with Gasteiger partial charge in [-0.05, 0) is 12.1 Å². The Bertz CT molecular complexity index is 742. The number of halogens is 2. The summed E-state index contributed by atoms with van der Waals surface area (Å²) in [6, 6.07) is 3.69. The van der Waals surface area contributed by atoms with E-state index in [1.54, 1.807) is 10.8 Å². The third kappa shape index (κ3) is 3.41. The zero-order valence-corrected chi connectivity index (χ0v) is 14.5. The monoisotopic (exact) mass is 375 g/mol. The van der Waals surface area contributed by atoms with Gasteiger partial charge in [0.15, 0.2) is 6.61 Å². The van der Waals surface area contributed by atoms with Crippen LogP contribution in [0.15, 0.2) is 23.1 Å². The highest BCUT2D eigenvalue weighted by molar-refractivity contribution is 5.38. The highest BCUT2D eigenvalue weighted by atomic mass is 35.5. The fourth-order valence-corrected chi connectivity index (χ4v) is 2.94. The first-order valence-corrected chi connectivity index (χ1v) is 7.57. The maximum atomic E-state index is 12.6. The molecule has 0 amide bonds. The van der Waals surface area contributed by atoms with Crippen molar-refractivity contribution >= 4 is 0 Å². The number of aromatic amines is 1. The van der Waals surface area contributed by atoms with Crippen LogP contribution >= 0.6 is 0 Å². The van der Waals surface area contributed by atoms with Gasteiger partial charge in [0.05, 0.1) is 32.5 Å². The second-order valence-electron chi connectivity index (χ2n) is 5.54. The van der Waals surface area contributed by atoms with Gasteiger partial charge in [-0.25, -0.2) is 9.78 Å². The van der Waals surface area contributed by atoms with Gasteiger partial charge in [-0.3, -0.25) is 0 Å². The summed E-state index contributed by atoms with van der Waals surface area (Å²) in [5.74, 6) is 1.96. The molecule has 2 aliphatic heterocycles. The molecule has 0 atom stereocenters. The second kappa shape index (κ2) is 7.98. The summed E-state index contributed by atoms with van der Waals surface area (Å²) in [6.07, 6.45) is 1.78. The Hall–Kier alpha value is -1.61. The third-order valence-electron chi connectivity index (χ3n) is 4.16. The predicted octanol–water partition coefficient (Wildman–Crippen LogP) is -8.34. The number of ether oxygens (including phenoxy) is 2. The lowest BCUT2D eigenvalue weighted by molar-refractivity contribution is -0.908. The van der Waals surface area contributed by atoms with E-state index in [9.17, 15) is 4.79 Å². The lowest BCUT2D eigenvalue weighted by Gasteiger charge is -2.23. The molecule has 0 bridgehead atoms. The van der Waals surface area contributed by atoms with Gasteiger partial charge >= 0.3 is 11.5 Å². The number of morpholine rings is 1. The Balaban J connectivity index is 0.00000104. The molecule has 2 aromatic heterocycles. The van der Waals surface area contributed by atoms with Crippen molar-refractivity contribution in [3.05, 3.63) is 34.6 Å². The number of aromatic nitrogens is 4. The Kier molecular flexibility index (Phi) is 6.22. The van der Waals surface area contributed by atoms with Gasteiger partial charge in [0.2, 0.25) is 5.75 Å². The first kappa shape index (κ1) is 18.7. The van der Waals surface area contributed by atoms with Crippen LogP contribution < -0.4 is 45.1 Å². The van der Waals surface area contributed by atoms with Crippen LogP contribution in [0.25, 0.3) is 5.82 Å². The number of hydrogen-bond donors (Lipinski definition) is 1. The first-order chi connectivity index (χ1) is 10.8. The zero-order valence-electron chi connectivity index (χ0n) is 13.0. The van der Waals surface area contributed by atoms with Crippen molar-refractivity contribution in [2.24, 2.45) is 0 Å². The minimum Gasteiger partial charge on any atom is -1.00 e. The number of H-pyrrole nitrogens is 1. The Morgan fingerprint density at radius 2 is 2.08 bits per heavy atom. The van der Waals surface area contributed by atoms with Crippen LogP contribution in [0.3, 0.4) is 0 Å². The van der Waals surface area contributed by atoms with E-state index < -0.39 is 0 Å². The largest absolute Gasteiger partial charge is 1.00 e. The van der Waals surface area contributed by atoms with Crippen LogP contribution in [0.5, 0.6) is 5.75 Å². The SMILES string of the molecule is O=c1n(CC[NH+]2CCOCC2)nc2n1-c1[nH+]cccc1OC2.[Cl-].[Cl-]. The van der Waals surface area contributed by atoms with Gasteiger partial charge in [-0.1, -0.05) is 0 Å². The van der Waals surface area contributed by atoms with Crippen LogP contribution in [-0.4, -0.2) is 47.2 Å². The first-order valence-electron chi connectivity index (χ1n) is 7.57. The zero-order chi connectivity index (χ0) is 14.9. The Labute approximate surface area is 151 Å². The number of rotatable bonds is 3. The molecule has 4 heterocycles. The van der Waals surface area contributed by atoms with E-state index in [1.165, 1.54) is 9.58 Å². The number of pyridine rings is 1. The summed E-state index contributed by atoms with van der Waals surface area (Å²) >= 11 is 0. The average Bonchev–Trinajstić information content (AvgIpc) is 2.90. The number of fused-ring (bicyclic) bond motifs is 3. The van der Waals surface area contributed by atoms with Crippen LogP contribution in [0.2, 0.25) is 0 Å². The fourth-order valence-electron chi connectivity index (χ4n) is 2.94. The normalized spacial score (nSPS) is 16.2. The molecule has 1 saturated heterocycles. The summed E-state index contributed by atoms with van der Waals surface area (Å²) < 4.78 is 14.1. The van der Waals surface area contributed by atoms with Gasteiger partial charge < -0.3 is 39.2 Å². The van der Waals surface area contributed by atoms with Gasteiger partial charge in [-0.2, -0.15) is 4.68 Å². The summed E-state index contributed by atoms with van der Waals surface area (Å²) in [5, 5.41) is 4.41. The quantitative estimate of drug-likeness (QED) is 0.578. The molecule has 0 aliphatic carbocycles.